The highest BCUT2D eigenvalue weighted by Gasteiger charge is 2.18. The van der Waals surface area contributed by atoms with Crippen LogP contribution in [0.2, 0.25) is 0 Å². The van der Waals surface area contributed by atoms with Gasteiger partial charge >= 0.3 is 0 Å². The van der Waals surface area contributed by atoms with Crippen molar-refractivity contribution in [2.75, 3.05) is 11.9 Å². The van der Waals surface area contributed by atoms with Crippen LogP contribution in [0, 0.1) is 0 Å². The van der Waals surface area contributed by atoms with Crippen molar-refractivity contribution in [1.82, 2.24) is 0 Å². The highest BCUT2D eigenvalue weighted by atomic mass is 16.5. The van der Waals surface area contributed by atoms with Crippen LogP contribution in [0.3, 0.4) is 0 Å². The van der Waals surface area contributed by atoms with Crippen molar-refractivity contribution in [1.29, 1.82) is 0 Å². The van der Waals surface area contributed by atoms with Gasteiger partial charge in [0.25, 0.3) is 0 Å². The summed E-state index contributed by atoms with van der Waals surface area (Å²) in [6.07, 6.45) is 0.900. The number of anilines is 1. The van der Waals surface area contributed by atoms with E-state index in [2.05, 4.69) is 5.32 Å². The Morgan fingerprint density at radius 1 is 1.20 bits per heavy atom. The highest BCUT2D eigenvalue weighted by molar-refractivity contribution is 5.84. The third-order valence-electron chi connectivity index (χ3n) is 3.42. The van der Waals surface area contributed by atoms with E-state index in [1.807, 2.05) is 48.5 Å². The molecule has 102 valence electrons. The van der Waals surface area contributed by atoms with Crippen LogP contribution in [-0.2, 0) is 11.2 Å². The Morgan fingerprint density at radius 2 is 2.00 bits per heavy atom. The summed E-state index contributed by atoms with van der Waals surface area (Å²) in [6.45, 7) is 0.719. The predicted octanol–water partition coefficient (Wildman–Crippen LogP) is 2.26. The Morgan fingerprint density at radius 3 is 2.75 bits per heavy atom. The molecule has 4 nitrogen and oxygen atoms in total. The molecule has 0 saturated carbocycles. The van der Waals surface area contributed by atoms with E-state index in [0.717, 1.165) is 35.6 Å². The number of carbonyl (C=O) groups excluding carboxylic acids is 1. The van der Waals surface area contributed by atoms with Gasteiger partial charge in [-0.3, -0.25) is 4.79 Å². The molecular formula is C16H16N2O2. The molecule has 4 heteroatoms. The number of amides is 1. The third kappa shape index (κ3) is 2.45. The summed E-state index contributed by atoms with van der Waals surface area (Å²) >= 11 is 0. The molecule has 2 aromatic carbocycles. The maximum Gasteiger partial charge on any atom is 0.244 e. The van der Waals surface area contributed by atoms with Crippen LogP contribution >= 0.6 is 0 Å². The van der Waals surface area contributed by atoms with Crippen molar-refractivity contribution in [3.8, 4) is 5.75 Å². The average Bonchev–Trinajstić information content (AvgIpc) is 2.93. The monoisotopic (exact) mass is 268 g/mol. The van der Waals surface area contributed by atoms with Gasteiger partial charge in [-0.15, -0.1) is 0 Å². The molecular weight excluding hydrogens is 252 g/mol. The number of ether oxygens (including phenoxy) is 1. The summed E-state index contributed by atoms with van der Waals surface area (Å²) in [6, 6.07) is 14.8. The largest absolute Gasteiger partial charge is 0.493 e. The Kier molecular flexibility index (Phi) is 3.29. The first-order valence-corrected chi connectivity index (χ1v) is 6.60. The van der Waals surface area contributed by atoms with Gasteiger partial charge in [-0.1, -0.05) is 30.3 Å². The van der Waals surface area contributed by atoms with E-state index >= 15 is 0 Å². The molecule has 3 rings (SSSR count). The summed E-state index contributed by atoms with van der Waals surface area (Å²) in [7, 11) is 0. The minimum Gasteiger partial charge on any atom is -0.493 e. The molecule has 1 atom stereocenters. The van der Waals surface area contributed by atoms with Gasteiger partial charge < -0.3 is 15.8 Å². The number of nitrogens with two attached hydrogens (primary N) is 1. The van der Waals surface area contributed by atoms with Crippen molar-refractivity contribution in [2.24, 2.45) is 5.73 Å². The normalized spacial score (nSPS) is 14.2. The van der Waals surface area contributed by atoms with Crippen LogP contribution in [0.5, 0.6) is 5.75 Å². The lowest BCUT2D eigenvalue weighted by Crippen LogP contribution is -2.27. The first kappa shape index (κ1) is 12.5. The fraction of sp³-hybridized carbons (Fsp3) is 0.188. The SMILES string of the molecule is NC(=O)[C@@H](Nc1ccc2c(c1)CCO2)c1ccccc1. The van der Waals surface area contributed by atoms with Gasteiger partial charge in [0, 0.05) is 12.1 Å². The predicted molar refractivity (Wildman–Crippen MR) is 77.6 cm³/mol. The Labute approximate surface area is 117 Å². The number of benzene rings is 2. The molecule has 0 spiro atoms. The van der Waals surface area contributed by atoms with Crippen molar-refractivity contribution in [3.63, 3.8) is 0 Å². The molecule has 0 fully saturated rings. The van der Waals surface area contributed by atoms with Gasteiger partial charge in [-0.2, -0.15) is 0 Å². The number of rotatable bonds is 4. The minimum absolute atomic E-state index is 0.395. The fourth-order valence-electron chi connectivity index (χ4n) is 2.41. The lowest BCUT2D eigenvalue weighted by Gasteiger charge is -2.17. The lowest BCUT2D eigenvalue weighted by molar-refractivity contribution is -0.118. The number of hydrogen-bond acceptors (Lipinski definition) is 3. The Hall–Kier alpha value is -2.49. The van der Waals surface area contributed by atoms with E-state index in [1.165, 1.54) is 0 Å². The highest BCUT2D eigenvalue weighted by Crippen LogP contribution is 2.29. The summed E-state index contributed by atoms with van der Waals surface area (Å²) in [4.78, 5) is 11.7. The zero-order chi connectivity index (χ0) is 13.9. The molecule has 1 aliphatic heterocycles. The first-order valence-electron chi connectivity index (χ1n) is 6.60. The molecule has 0 unspecified atom stereocenters. The van der Waals surface area contributed by atoms with Gasteiger partial charge in [0.15, 0.2) is 0 Å². The maximum atomic E-state index is 11.7. The van der Waals surface area contributed by atoms with E-state index in [4.69, 9.17) is 10.5 Å². The Balaban J connectivity index is 1.86. The second-order valence-electron chi connectivity index (χ2n) is 4.81. The summed E-state index contributed by atoms with van der Waals surface area (Å²) in [5.41, 5.74) is 8.40. The van der Waals surface area contributed by atoms with E-state index in [1.54, 1.807) is 0 Å². The van der Waals surface area contributed by atoms with Crippen LogP contribution in [0.15, 0.2) is 48.5 Å². The summed E-state index contributed by atoms with van der Waals surface area (Å²) in [5, 5.41) is 3.19. The van der Waals surface area contributed by atoms with E-state index in [-0.39, 0.29) is 0 Å². The van der Waals surface area contributed by atoms with E-state index in [9.17, 15) is 4.79 Å². The third-order valence-corrected chi connectivity index (χ3v) is 3.42. The van der Waals surface area contributed by atoms with Crippen LogP contribution in [0.25, 0.3) is 0 Å². The molecule has 0 aromatic heterocycles. The second-order valence-corrected chi connectivity index (χ2v) is 4.81. The lowest BCUT2D eigenvalue weighted by atomic mass is 10.1. The number of nitrogens with one attached hydrogen (secondary N) is 1. The van der Waals surface area contributed by atoms with Crippen LogP contribution < -0.4 is 15.8 Å². The maximum absolute atomic E-state index is 11.7. The molecule has 3 N–H and O–H groups in total. The van der Waals surface area contributed by atoms with Crippen molar-refractivity contribution in [2.45, 2.75) is 12.5 Å². The number of hydrogen-bond donors (Lipinski definition) is 2. The van der Waals surface area contributed by atoms with Gasteiger partial charge in [-0.25, -0.2) is 0 Å². The fourth-order valence-corrected chi connectivity index (χ4v) is 2.41. The molecule has 0 aliphatic carbocycles. The number of primary amides is 1. The summed E-state index contributed by atoms with van der Waals surface area (Å²) < 4.78 is 5.47. The molecule has 1 heterocycles. The number of carbonyl (C=O) groups is 1. The average molecular weight is 268 g/mol. The van der Waals surface area contributed by atoms with E-state index in [0.29, 0.717) is 0 Å². The minimum atomic E-state index is -0.531. The van der Waals surface area contributed by atoms with Gasteiger partial charge in [0.1, 0.15) is 11.8 Å². The van der Waals surface area contributed by atoms with Crippen LogP contribution in [0.4, 0.5) is 5.69 Å². The van der Waals surface area contributed by atoms with E-state index < -0.39 is 11.9 Å². The first-order chi connectivity index (χ1) is 9.74. The smallest absolute Gasteiger partial charge is 0.244 e. The van der Waals surface area contributed by atoms with Crippen LogP contribution in [0.1, 0.15) is 17.2 Å². The van der Waals surface area contributed by atoms with Gasteiger partial charge in [-0.05, 0) is 29.3 Å². The molecule has 2 aromatic rings. The Bertz CT molecular complexity index is 626. The standard InChI is InChI=1S/C16H16N2O2/c17-16(19)15(11-4-2-1-3-5-11)18-13-6-7-14-12(10-13)8-9-20-14/h1-7,10,15,18H,8-9H2,(H2,17,19)/t15-/m0/s1. The van der Waals surface area contributed by atoms with Gasteiger partial charge in [0.2, 0.25) is 5.91 Å². The molecule has 1 aliphatic rings. The quantitative estimate of drug-likeness (QED) is 0.894. The van der Waals surface area contributed by atoms with Crippen molar-refractivity contribution in [3.05, 3.63) is 59.7 Å². The molecule has 0 radical (unpaired) electrons. The molecule has 20 heavy (non-hydrogen) atoms. The van der Waals surface area contributed by atoms with Gasteiger partial charge in [0.05, 0.1) is 6.61 Å². The zero-order valence-electron chi connectivity index (χ0n) is 11.0. The van der Waals surface area contributed by atoms with Crippen molar-refractivity contribution >= 4 is 11.6 Å². The topological polar surface area (TPSA) is 64.4 Å². The molecule has 0 bridgehead atoms. The second kappa shape index (κ2) is 5.25. The molecule has 0 saturated heterocycles. The zero-order valence-corrected chi connectivity index (χ0v) is 11.0. The number of fused-ring (bicyclic) bond motifs is 1. The summed E-state index contributed by atoms with van der Waals surface area (Å²) in [5.74, 6) is 0.527. The van der Waals surface area contributed by atoms with Crippen molar-refractivity contribution < 1.29 is 9.53 Å². The van der Waals surface area contributed by atoms with Crippen LogP contribution in [-0.4, -0.2) is 12.5 Å². The molecule has 1 amide bonds.